The summed E-state index contributed by atoms with van der Waals surface area (Å²) in [6.07, 6.45) is 9.20. The summed E-state index contributed by atoms with van der Waals surface area (Å²) in [5.41, 5.74) is 0.811. The number of non-ortho nitro benzene ring substituents is 2. The number of nitro benzene ring substituents is 2. The van der Waals surface area contributed by atoms with Gasteiger partial charge in [0.15, 0.2) is 0 Å². The highest BCUT2D eigenvalue weighted by molar-refractivity contribution is 5.95. The molecule has 2 amide bonds. The van der Waals surface area contributed by atoms with Gasteiger partial charge in [0.2, 0.25) is 0 Å². The first kappa shape index (κ1) is 26.2. The van der Waals surface area contributed by atoms with Crippen LogP contribution in [0, 0.1) is 32.1 Å². The summed E-state index contributed by atoms with van der Waals surface area (Å²) >= 11 is 0. The first-order valence-electron chi connectivity index (χ1n) is 12.9. The van der Waals surface area contributed by atoms with Crippen molar-refractivity contribution < 1.29 is 19.4 Å². The Kier molecular flexibility index (Phi) is 8.47. The van der Waals surface area contributed by atoms with Crippen molar-refractivity contribution in [2.75, 3.05) is 0 Å². The van der Waals surface area contributed by atoms with Gasteiger partial charge in [0.1, 0.15) is 0 Å². The molecule has 0 saturated heterocycles. The lowest BCUT2D eigenvalue weighted by atomic mass is 9.75. The van der Waals surface area contributed by atoms with Crippen LogP contribution in [-0.4, -0.2) is 33.7 Å². The Bertz CT molecular complexity index is 1030. The van der Waals surface area contributed by atoms with Crippen LogP contribution >= 0.6 is 0 Å². The monoisotopic (exact) mass is 508 g/mol. The fraction of sp³-hybridized carbons (Fsp3) is 0.481. The van der Waals surface area contributed by atoms with E-state index in [1.807, 2.05) is 0 Å². The van der Waals surface area contributed by atoms with Crippen LogP contribution < -0.4 is 10.6 Å². The molecule has 0 heterocycles. The maximum Gasteiger partial charge on any atom is 0.269 e. The van der Waals surface area contributed by atoms with Gasteiger partial charge in [-0.1, -0.05) is 0 Å². The van der Waals surface area contributed by atoms with Crippen LogP contribution in [0.15, 0.2) is 48.5 Å². The number of benzene rings is 2. The summed E-state index contributed by atoms with van der Waals surface area (Å²) in [5, 5.41) is 27.7. The highest BCUT2D eigenvalue weighted by Crippen LogP contribution is 2.35. The van der Waals surface area contributed by atoms with Crippen molar-refractivity contribution in [3.05, 3.63) is 79.9 Å². The average Bonchev–Trinajstić information content (AvgIpc) is 2.91. The van der Waals surface area contributed by atoms with E-state index in [9.17, 15) is 29.8 Å². The predicted octanol–water partition coefficient (Wildman–Crippen LogP) is 5.17. The van der Waals surface area contributed by atoms with E-state index in [1.54, 1.807) is 0 Å². The molecule has 0 aromatic heterocycles. The molecule has 2 N–H and O–H groups in total. The minimum atomic E-state index is -0.479. The summed E-state index contributed by atoms with van der Waals surface area (Å²) in [5.74, 6) is 0.910. The Morgan fingerprint density at radius 1 is 0.622 bits per heavy atom. The number of carbonyl (C=O) groups is 2. The molecule has 2 aromatic carbocycles. The van der Waals surface area contributed by atoms with Crippen molar-refractivity contribution in [1.29, 1.82) is 0 Å². The molecule has 10 heteroatoms. The highest BCUT2D eigenvalue weighted by Gasteiger charge is 2.28. The van der Waals surface area contributed by atoms with Crippen LogP contribution in [0.3, 0.4) is 0 Å². The van der Waals surface area contributed by atoms with Crippen molar-refractivity contribution >= 4 is 23.2 Å². The molecule has 0 aliphatic heterocycles. The van der Waals surface area contributed by atoms with E-state index < -0.39 is 9.85 Å². The molecule has 196 valence electrons. The zero-order valence-electron chi connectivity index (χ0n) is 20.6. The molecular formula is C27H32N4O6. The van der Waals surface area contributed by atoms with Gasteiger partial charge >= 0.3 is 0 Å². The van der Waals surface area contributed by atoms with E-state index in [1.165, 1.54) is 55.0 Å². The third kappa shape index (κ3) is 7.12. The molecule has 2 aliphatic rings. The van der Waals surface area contributed by atoms with E-state index >= 15 is 0 Å². The molecular weight excluding hydrogens is 476 g/mol. The molecule has 2 aliphatic carbocycles. The fourth-order valence-electron chi connectivity index (χ4n) is 5.56. The van der Waals surface area contributed by atoms with Crippen LogP contribution in [-0.2, 0) is 0 Å². The topological polar surface area (TPSA) is 144 Å². The number of hydrogen-bond acceptors (Lipinski definition) is 6. The number of amides is 2. The molecule has 4 rings (SSSR count). The third-order valence-corrected chi connectivity index (χ3v) is 7.71. The van der Waals surface area contributed by atoms with E-state index in [2.05, 4.69) is 10.6 Å². The largest absolute Gasteiger partial charge is 0.349 e. The van der Waals surface area contributed by atoms with Gasteiger partial charge < -0.3 is 10.6 Å². The van der Waals surface area contributed by atoms with Crippen LogP contribution in [0.25, 0.3) is 0 Å². The zero-order chi connectivity index (χ0) is 26.4. The second kappa shape index (κ2) is 11.9. The molecule has 0 unspecified atom stereocenters. The van der Waals surface area contributed by atoms with Gasteiger partial charge in [0, 0.05) is 47.5 Å². The smallest absolute Gasteiger partial charge is 0.269 e. The number of nitrogens with zero attached hydrogens (tertiary/aromatic N) is 2. The number of hydrogen-bond donors (Lipinski definition) is 2. The summed E-state index contributed by atoms with van der Waals surface area (Å²) in [7, 11) is 0. The maximum atomic E-state index is 12.5. The van der Waals surface area contributed by atoms with Crippen LogP contribution in [0.2, 0.25) is 0 Å². The van der Waals surface area contributed by atoms with Crippen molar-refractivity contribution in [2.24, 2.45) is 11.8 Å². The number of carbonyl (C=O) groups excluding carboxylic acids is 2. The lowest BCUT2D eigenvalue weighted by Crippen LogP contribution is -2.39. The van der Waals surface area contributed by atoms with Crippen molar-refractivity contribution in [3.63, 3.8) is 0 Å². The normalized spacial score (nSPS) is 23.6. The summed E-state index contributed by atoms with van der Waals surface area (Å²) < 4.78 is 0. The Balaban J connectivity index is 1.15. The second-order valence-corrected chi connectivity index (χ2v) is 10.2. The molecule has 2 fully saturated rings. The fourth-order valence-corrected chi connectivity index (χ4v) is 5.56. The molecule has 10 nitrogen and oxygen atoms in total. The number of nitrogens with one attached hydrogen (secondary N) is 2. The van der Waals surface area contributed by atoms with Crippen LogP contribution in [0.5, 0.6) is 0 Å². The minimum Gasteiger partial charge on any atom is -0.349 e. The first-order valence-corrected chi connectivity index (χ1v) is 12.9. The van der Waals surface area contributed by atoms with Gasteiger partial charge in [-0.05, 0) is 93.9 Å². The lowest BCUT2D eigenvalue weighted by Gasteiger charge is -2.34. The Hall–Kier alpha value is -3.82. The Labute approximate surface area is 215 Å². The first-order chi connectivity index (χ1) is 17.8. The van der Waals surface area contributed by atoms with Crippen molar-refractivity contribution in [1.82, 2.24) is 10.6 Å². The molecule has 2 saturated carbocycles. The highest BCUT2D eigenvalue weighted by atomic mass is 16.6. The van der Waals surface area contributed by atoms with Crippen LogP contribution in [0.1, 0.15) is 78.5 Å². The predicted molar refractivity (Wildman–Crippen MR) is 137 cm³/mol. The summed E-state index contributed by atoms with van der Waals surface area (Å²) in [6, 6.07) is 11.6. The molecule has 0 atom stereocenters. The molecule has 0 bridgehead atoms. The molecule has 0 spiro atoms. The third-order valence-electron chi connectivity index (χ3n) is 7.71. The number of rotatable bonds is 8. The summed E-state index contributed by atoms with van der Waals surface area (Å²) in [4.78, 5) is 45.6. The standard InChI is InChI=1S/C27H32N4O6/c32-26(20-5-13-24(14-6-20)30(34)35)28-22-9-1-18(2-10-22)17-19-3-11-23(12-4-19)29-27(33)21-7-15-25(16-8-21)31(36)37/h5-8,13-16,18-19,22-23H,1-4,9-12,17H2,(H,28,32)(H,29,33). The van der Waals surface area contributed by atoms with Gasteiger partial charge in [-0.2, -0.15) is 0 Å². The average molecular weight is 509 g/mol. The minimum absolute atomic E-state index is 0.0297. The van der Waals surface area contributed by atoms with Crippen molar-refractivity contribution in [3.8, 4) is 0 Å². The van der Waals surface area contributed by atoms with Gasteiger partial charge in [-0.3, -0.25) is 29.8 Å². The maximum absolute atomic E-state index is 12.5. The van der Waals surface area contributed by atoms with Gasteiger partial charge in [0.05, 0.1) is 9.85 Å². The lowest BCUT2D eigenvalue weighted by molar-refractivity contribution is -0.385. The SMILES string of the molecule is O=C(NC1CCC(CC2CCC(NC(=O)c3ccc([N+](=O)[O-])cc3)CC2)CC1)c1ccc([N+](=O)[O-])cc1. The van der Waals surface area contributed by atoms with Crippen LogP contribution in [0.4, 0.5) is 11.4 Å². The summed E-state index contributed by atoms with van der Waals surface area (Å²) in [6.45, 7) is 0. The molecule has 0 radical (unpaired) electrons. The van der Waals surface area contributed by atoms with Gasteiger partial charge in [0.25, 0.3) is 23.2 Å². The Morgan fingerprint density at radius 3 is 1.24 bits per heavy atom. The van der Waals surface area contributed by atoms with E-state index in [4.69, 9.17) is 0 Å². The van der Waals surface area contributed by atoms with Gasteiger partial charge in [-0.25, -0.2) is 0 Å². The molecule has 2 aromatic rings. The van der Waals surface area contributed by atoms with E-state index in [-0.39, 0.29) is 35.3 Å². The van der Waals surface area contributed by atoms with Gasteiger partial charge in [-0.15, -0.1) is 0 Å². The van der Waals surface area contributed by atoms with Crippen molar-refractivity contribution in [2.45, 2.75) is 69.9 Å². The van der Waals surface area contributed by atoms with E-state index in [0.717, 1.165) is 51.4 Å². The molecule has 37 heavy (non-hydrogen) atoms. The quantitative estimate of drug-likeness (QED) is 0.372. The zero-order valence-corrected chi connectivity index (χ0v) is 20.6. The Morgan fingerprint density at radius 2 is 0.946 bits per heavy atom. The van der Waals surface area contributed by atoms with E-state index in [0.29, 0.717) is 23.0 Å². The second-order valence-electron chi connectivity index (χ2n) is 10.2. The number of nitro groups is 2.